The molecule has 2 heterocycles. The number of nitrogens with zero attached hydrogens (tertiary/aromatic N) is 2. The molecule has 0 saturated carbocycles. The Morgan fingerprint density at radius 2 is 2.09 bits per heavy atom. The molecule has 1 aliphatic rings. The minimum atomic E-state index is -0.270. The molecule has 1 aromatic heterocycles. The Kier molecular flexibility index (Phi) is 5.15. The number of aromatic amines is 1. The Morgan fingerprint density at radius 3 is 2.82 bits per heavy atom. The second-order valence-electron chi connectivity index (χ2n) is 5.33. The van der Waals surface area contributed by atoms with Gasteiger partial charge in [-0.15, -0.1) is 12.4 Å². The molecule has 3 rings (SSSR count). The average molecular weight is 323 g/mol. The van der Waals surface area contributed by atoms with E-state index in [0.717, 1.165) is 19.4 Å². The average Bonchev–Trinajstić information content (AvgIpc) is 2.55. The lowest BCUT2D eigenvalue weighted by Gasteiger charge is -2.32. The second-order valence-corrected chi connectivity index (χ2v) is 5.33. The maximum atomic E-state index is 12.7. The van der Waals surface area contributed by atoms with Crippen molar-refractivity contribution in [3.8, 4) is 0 Å². The van der Waals surface area contributed by atoms with Gasteiger partial charge in [0.25, 0.3) is 11.5 Å². The van der Waals surface area contributed by atoms with Crippen molar-refractivity contribution >= 4 is 29.1 Å². The molecule has 2 aromatic rings. The Hall–Kier alpha value is -1.92. The summed E-state index contributed by atoms with van der Waals surface area (Å²) in [5, 5.41) is 10.7. The van der Waals surface area contributed by atoms with Crippen molar-refractivity contribution in [2.45, 2.75) is 18.9 Å². The molecular formula is C15H19ClN4O2. The zero-order valence-corrected chi connectivity index (χ0v) is 13.2. The Balaban J connectivity index is 0.00000176. The van der Waals surface area contributed by atoms with Crippen molar-refractivity contribution in [2.24, 2.45) is 0 Å². The van der Waals surface area contributed by atoms with Gasteiger partial charge in [-0.1, -0.05) is 18.2 Å². The van der Waals surface area contributed by atoms with Crippen molar-refractivity contribution in [3.05, 3.63) is 40.3 Å². The second kappa shape index (κ2) is 6.89. The van der Waals surface area contributed by atoms with Crippen LogP contribution in [0.4, 0.5) is 0 Å². The molecule has 1 unspecified atom stereocenters. The van der Waals surface area contributed by atoms with E-state index in [-0.39, 0.29) is 23.9 Å². The summed E-state index contributed by atoms with van der Waals surface area (Å²) < 4.78 is 0. The van der Waals surface area contributed by atoms with E-state index in [1.165, 1.54) is 0 Å². The van der Waals surface area contributed by atoms with Crippen LogP contribution in [-0.4, -0.2) is 47.2 Å². The van der Waals surface area contributed by atoms with Crippen molar-refractivity contribution in [1.82, 2.24) is 20.4 Å². The van der Waals surface area contributed by atoms with Crippen LogP contribution in [0.2, 0.25) is 0 Å². The number of benzene rings is 1. The SMILES string of the molecule is CNC1CCCN(C(=O)c2n[nH]c(=O)c3ccccc23)C1.Cl. The number of aromatic nitrogens is 2. The van der Waals surface area contributed by atoms with Gasteiger partial charge in [-0.25, -0.2) is 5.10 Å². The molecule has 7 heteroatoms. The molecule has 0 bridgehead atoms. The minimum absolute atomic E-state index is 0. The monoisotopic (exact) mass is 322 g/mol. The highest BCUT2D eigenvalue weighted by atomic mass is 35.5. The smallest absolute Gasteiger partial charge is 0.274 e. The van der Waals surface area contributed by atoms with E-state index in [2.05, 4.69) is 15.5 Å². The van der Waals surface area contributed by atoms with E-state index in [1.54, 1.807) is 23.1 Å². The third kappa shape index (κ3) is 2.98. The van der Waals surface area contributed by atoms with Crippen LogP contribution < -0.4 is 10.9 Å². The molecule has 1 aliphatic heterocycles. The number of amides is 1. The topological polar surface area (TPSA) is 78.1 Å². The van der Waals surface area contributed by atoms with Crippen molar-refractivity contribution in [1.29, 1.82) is 0 Å². The number of hydrogen-bond donors (Lipinski definition) is 2. The summed E-state index contributed by atoms with van der Waals surface area (Å²) in [5.74, 6) is -0.123. The first-order valence-corrected chi connectivity index (χ1v) is 7.14. The van der Waals surface area contributed by atoms with E-state index < -0.39 is 0 Å². The summed E-state index contributed by atoms with van der Waals surface area (Å²) in [6.45, 7) is 1.40. The van der Waals surface area contributed by atoms with Crippen LogP contribution in [0.5, 0.6) is 0 Å². The van der Waals surface area contributed by atoms with Gasteiger partial charge in [0.2, 0.25) is 0 Å². The van der Waals surface area contributed by atoms with Gasteiger partial charge in [0, 0.05) is 24.5 Å². The van der Waals surface area contributed by atoms with E-state index in [1.807, 2.05) is 13.1 Å². The molecule has 1 saturated heterocycles. The first-order chi connectivity index (χ1) is 10.2. The predicted molar refractivity (Wildman–Crippen MR) is 87.6 cm³/mol. The van der Waals surface area contributed by atoms with Crippen LogP contribution >= 0.6 is 12.4 Å². The number of likely N-dealkylation sites (N-methyl/N-ethyl adjacent to an activating group) is 1. The number of carbonyl (C=O) groups is 1. The van der Waals surface area contributed by atoms with Crippen molar-refractivity contribution in [3.63, 3.8) is 0 Å². The zero-order valence-electron chi connectivity index (χ0n) is 12.3. The Morgan fingerprint density at radius 1 is 1.36 bits per heavy atom. The van der Waals surface area contributed by atoms with Gasteiger partial charge in [-0.2, -0.15) is 5.10 Å². The summed E-state index contributed by atoms with van der Waals surface area (Å²) in [6.07, 6.45) is 2.04. The van der Waals surface area contributed by atoms with Gasteiger partial charge in [0.15, 0.2) is 5.69 Å². The predicted octanol–water partition coefficient (Wildman–Crippen LogP) is 1.17. The lowest BCUT2D eigenvalue weighted by molar-refractivity contribution is 0.0693. The van der Waals surface area contributed by atoms with Crippen LogP contribution in [0.3, 0.4) is 0 Å². The number of nitrogens with one attached hydrogen (secondary N) is 2. The van der Waals surface area contributed by atoms with Gasteiger partial charge in [-0.05, 0) is 26.0 Å². The molecule has 1 amide bonds. The first-order valence-electron chi connectivity index (χ1n) is 7.14. The molecule has 22 heavy (non-hydrogen) atoms. The number of piperidine rings is 1. The number of hydrogen-bond acceptors (Lipinski definition) is 4. The third-order valence-corrected chi connectivity index (χ3v) is 4.02. The first kappa shape index (κ1) is 16.5. The van der Waals surface area contributed by atoms with E-state index in [9.17, 15) is 9.59 Å². The van der Waals surface area contributed by atoms with E-state index in [4.69, 9.17) is 0 Å². The number of fused-ring (bicyclic) bond motifs is 1. The van der Waals surface area contributed by atoms with Crippen LogP contribution in [0.25, 0.3) is 10.8 Å². The molecule has 2 N–H and O–H groups in total. The fourth-order valence-electron chi connectivity index (χ4n) is 2.82. The molecular weight excluding hydrogens is 304 g/mol. The Labute approximate surface area is 134 Å². The highest BCUT2D eigenvalue weighted by Crippen LogP contribution is 2.17. The van der Waals surface area contributed by atoms with Crippen molar-refractivity contribution < 1.29 is 4.79 Å². The molecule has 0 radical (unpaired) electrons. The van der Waals surface area contributed by atoms with Crippen LogP contribution in [0.15, 0.2) is 29.1 Å². The van der Waals surface area contributed by atoms with Gasteiger partial charge < -0.3 is 10.2 Å². The minimum Gasteiger partial charge on any atom is -0.336 e. The molecule has 0 spiro atoms. The number of rotatable bonds is 2. The fraction of sp³-hybridized carbons (Fsp3) is 0.400. The van der Waals surface area contributed by atoms with Crippen LogP contribution in [0.1, 0.15) is 23.3 Å². The molecule has 1 aromatic carbocycles. The van der Waals surface area contributed by atoms with Crippen LogP contribution in [0, 0.1) is 0 Å². The number of H-pyrrole nitrogens is 1. The summed E-state index contributed by atoms with van der Waals surface area (Å²) in [4.78, 5) is 26.3. The molecule has 1 fully saturated rings. The van der Waals surface area contributed by atoms with Crippen LogP contribution in [-0.2, 0) is 0 Å². The lowest BCUT2D eigenvalue weighted by Crippen LogP contribution is -2.47. The van der Waals surface area contributed by atoms with Gasteiger partial charge in [0.05, 0.1) is 5.39 Å². The van der Waals surface area contributed by atoms with E-state index in [0.29, 0.717) is 29.1 Å². The van der Waals surface area contributed by atoms with Gasteiger partial charge in [-0.3, -0.25) is 9.59 Å². The standard InChI is InChI=1S/C15H18N4O2.ClH/c1-16-10-5-4-8-19(9-10)15(21)13-11-6-2-3-7-12(11)14(20)18-17-13;/h2-3,6-7,10,16H,4-5,8-9H2,1H3,(H,18,20);1H. The zero-order chi connectivity index (χ0) is 14.8. The highest BCUT2D eigenvalue weighted by Gasteiger charge is 2.25. The molecule has 1 atom stereocenters. The molecule has 0 aliphatic carbocycles. The third-order valence-electron chi connectivity index (χ3n) is 4.02. The quantitative estimate of drug-likeness (QED) is 0.870. The van der Waals surface area contributed by atoms with Crippen molar-refractivity contribution in [2.75, 3.05) is 20.1 Å². The number of carbonyl (C=O) groups excluding carboxylic acids is 1. The summed E-state index contributed by atoms with van der Waals surface area (Å²) in [5.41, 5.74) is 0.0517. The maximum absolute atomic E-state index is 12.7. The maximum Gasteiger partial charge on any atom is 0.274 e. The molecule has 118 valence electrons. The van der Waals surface area contributed by atoms with Gasteiger partial charge >= 0.3 is 0 Å². The summed E-state index contributed by atoms with van der Waals surface area (Å²) >= 11 is 0. The lowest BCUT2D eigenvalue weighted by atomic mass is 10.0. The Bertz CT molecular complexity index is 731. The summed E-state index contributed by atoms with van der Waals surface area (Å²) in [7, 11) is 1.91. The highest BCUT2D eigenvalue weighted by molar-refractivity contribution is 6.04. The summed E-state index contributed by atoms with van der Waals surface area (Å²) in [6, 6.07) is 7.39. The molecule has 6 nitrogen and oxygen atoms in total. The fourth-order valence-corrected chi connectivity index (χ4v) is 2.82. The normalized spacial score (nSPS) is 18.0. The van der Waals surface area contributed by atoms with E-state index >= 15 is 0 Å². The number of halogens is 1. The van der Waals surface area contributed by atoms with Gasteiger partial charge in [0.1, 0.15) is 0 Å². The number of likely N-dealkylation sites (tertiary alicyclic amines) is 1. The largest absolute Gasteiger partial charge is 0.336 e.